The Bertz CT molecular complexity index is 598. The van der Waals surface area contributed by atoms with Gasteiger partial charge in [0.15, 0.2) is 5.58 Å². The zero-order chi connectivity index (χ0) is 14.1. The van der Waals surface area contributed by atoms with Gasteiger partial charge in [-0.15, -0.1) is 0 Å². The normalized spacial score (nSPS) is 24.3. The molecule has 0 bridgehead atoms. The highest BCUT2D eigenvalue weighted by Crippen LogP contribution is 2.20. The minimum absolute atomic E-state index is 0.0327. The van der Waals surface area contributed by atoms with E-state index >= 15 is 0 Å². The van der Waals surface area contributed by atoms with Crippen molar-refractivity contribution in [1.82, 2.24) is 9.88 Å². The number of aliphatic hydroxyl groups is 1. The van der Waals surface area contributed by atoms with E-state index in [1.54, 1.807) is 12.1 Å². The molecule has 6 heteroatoms. The highest BCUT2D eigenvalue weighted by molar-refractivity contribution is 5.76. The molecule has 0 spiro atoms. The lowest BCUT2D eigenvalue weighted by molar-refractivity contribution is -0.0985. The molecule has 2 unspecified atom stereocenters. The SMILES string of the molecule is CC1CN(Cc2nc3cc(N)ccc3o2)CC(CO)O1. The average molecular weight is 277 g/mol. The van der Waals surface area contributed by atoms with Crippen LogP contribution in [-0.2, 0) is 11.3 Å². The second kappa shape index (κ2) is 5.40. The Balaban J connectivity index is 1.75. The molecular formula is C14H19N3O3. The van der Waals surface area contributed by atoms with Crippen molar-refractivity contribution in [3.8, 4) is 0 Å². The summed E-state index contributed by atoms with van der Waals surface area (Å²) in [6.07, 6.45) is -0.0419. The highest BCUT2D eigenvalue weighted by Gasteiger charge is 2.25. The van der Waals surface area contributed by atoms with Crippen LogP contribution < -0.4 is 5.73 Å². The Labute approximate surface area is 117 Å². The first-order chi connectivity index (χ1) is 9.64. The molecule has 0 radical (unpaired) electrons. The molecule has 2 atom stereocenters. The Kier molecular flexibility index (Phi) is 3.60. The average Bonchev–Trinajstić information content (AvgIpc) is 2.79. The Hall–Kier alpha value is -1.63. The van der Waals surface area contributed by atoms with Crippen LogP contribution in [0.3, 0.4) is 0 Å². The zero-order valence-corrected chi connectivity index (χ0v) is 11.5. The molecule has 2 aromatic rings. The summed E-state index contributed by atoms with van der Waals surface area (Å²) < 4.78 is 11.3. The molecule has 20 heavy (non-hydrogen) atoms. The van der Waals surface area contributed by atoms with Gasteiger partial charge in [0.2, 0.25) is 5.89 Å². The van der Waals surface area contributed by atoms with Gasteiger partial charge in [0.25, 0.3) is 0 Å². The van der Waals surface area contributed by atoms with E-state index in [0.29, 0.717) is 24.7 Å². The van der Waals surface area contributed by atoms with Gasteiger partial charge in [-0.1, -0.05) is 0 Å². The molecule has 1 aliphatic heterocycles. The number of aromatic nitrogens is 1. The first-order valence-corrected chi connectivity index (χ1v) is 6.77. The molecule has 3 N–H and O–H groups in total. The van der Waals surface area contributed by atoms with Crippen molar-refractivity contribution in [2.24, 2.45) is 0 Å². The quantitative estimate of drug-likeness (QED) is 0.814. The molecule has 6 nitrogen and oxygen atoms in total. The van der Waals surface area contributed by atoms with Crippen molar-refractivity contribution >= 4 is 16.8 Å². The maximum atomic E-state index is 9.23. The van der Waals surface area contributed by atoms with Crippen LogP contribution >= 0.6 is 0 Å². The zero-order valence-electron chi connectivity index (χ0n) is 11.5. The topological polar surface area (TPSA) is 84.8 Å². The van der Waals surface area contributed by atoms with E-state index in [0.717, 1.165) is 17.6 Å². The van der Waals surface area contributed by atoms with Crippen molar-refractivity contribution in [1.29, 1.82) is 0 Å². The minimum Gasteiger partial charge on any atom is -0.439 e. The second-order valence-electron chi connectivity index (χ2n) is 5.28. The van der Waals surface area contributed by atoms with Crippen molar-refractivity contribution in [3.63, 3.8) is 0 Å². The highest BCUT2D eigenvalue weighted by atomic mass is 16.5. The van der Waals surface area contributed by atoms with Crippen molar-refractivity contribution in [3.05, 3.63) is 24.1 Å². The lowest BCUT2D eigenvalue weighted by Gasteiger charge is -2.35. The van der Waals surface area contributed by atoms with Crippen molar-refractivity contribution in [2.45, 2.75) is 25.7 Å². The number of hydrogen-bond acceptors (Lipinski definition) is 6. The molecule has 1 saturated heterocycles. The van der Waals surface area contributed by atoms with Gasteiger partial charge in [-0.2, -0.15) is 0 Å². The van der Waals surface area contributed by atoms with Crippen LogP contribution in [0, 0.1) is 0 Å². The standard InChI is InChI=1S/C14H19N3O3/c1-9-5-17(6-11(8-18)19-9)7-14-16-12-4-10(15)2-3-13(12)20-14/h2-4,9,11,18H,5-8,15H2,1H3. The predicted molar refractivity (Wildman–Crippen MR) is 75.1 cm³/mol. The second-order valence-corrected chi connectivity index (χ2v) is 5.28. The smallest absolute Gasteiger partial charge is 0.209 e. The van der Waals surface area contributed by atoms with Gasteiger partial charge in [0, 0.05) is 18.8 Å². The summed E-state index contributed by atoms with van der Waals surface area (Å²) in [7, 11) is 0. The number of hydrogen-bond donors (Lipinski definition) is 2. The van der Waals surface area contributed by atoms with Crippen LogP contribution in [-0.4, -0.2) is 46.9 Å². The molecule has 1 aliphatic rings. The number of aliphatic hydroxyl groups excluding tert-OH is 1. The summed E-state index contributed by atoms with van der Waals surface area (Å²) in [6, 6.07) is 5.44. The third-order valence-electron chi connectivity index (χ3n) is 3.42. The molecular weight excluding hydrogens is 258 g/mol. The first-order valence-electron chi connectivity index (χ1n) is 6.77. The van der Waals surface area contributed by atoms with Crippen molar-refractivity contribution in [2.75, 3.05) is 25.4 Å². The summed E-state index contributed by atoms with van der Waals surface area (Å²) in [5.41, 5.74) is 7.94. The van der Waals surface area contributed by atoms with E-state index in [2.05, 4.69) is 9.88 Å². The van der Waals surface area contributed by atoms with Crippen LogP contribution in [0.15, 0.2) is 22.6 Å². The number of benzene rings is 1. The Morgan fingerprint density at radius 3 is 3.10 bits per heavy atom. The van der Waals surface area contributed by atoms with E-state index in [9.17, 15) is 5.11 Å². The number of anilines is 1. The summed E-state index contributed by atoms with van der Waals surface area (Å²) >= 11 is 0. The molecule has 1 aromatic heterocycles. The number of morpholine rings is 1. The first kappa shape index (κ1) is 13.4. The number of ether oxygens (including phenoxy) is 1. The van der Waals surface area contributed by atoms with E-state index in [1.165, 1.54) is 0 Å². The minimum atomic E-state index is -0.140. The largest absolute Gasteiger partial charge is 0.439 e. The van der Waals surface area contributed by atoms with Crippen LogP contribution in [0.2, 0.25) is 0 Å². The molecule has 108 valence electrons. The number of oxazole rings is 1. The van der Waals surface area contributed by atoms with Gasteiger partial charge in [0.1, 0.15) is 5.52 Å². The third-order valence-corrected chi connectivity index (χ3v) is 3.42. The van der Waals surface area contributed by atoms with Gasteiger partial charge >= 0.3 is 0 Å². The fourth-order valence-corrected chi connectivity index (χ4v) is 2.62. The number of nitrogens with two attached hydrogens (primary N) is 1. The molecule has 2 heterocycles. The van der Waals surface area contributed by atoms with Gasteiger partial charge in [-0.05, 0) is 25.1 Å². The fraction of sp³-hybridized carbons (Fsp3) is 0.500. The van der Waals surface area contributed by atoms with Gasteiger partial charge in [0.05, 0.1) is 25.4 Å². The lowest BCUT2D eigenvalue weighted by atomic mass is 10.2. The van der Waals surface area contributed by atoms with Crippen molar-refractivity contribution < 1.29 is 14.3 Å². The van der Waals surface area contributed by atoms with Gasteiger partial charge in [-0.25, -0.2) is 4.98 Å². The summed E-state index contributed by atoms with van der Waals surface area (Å²) in [5, 5.41) is 9.23. The van der Waals surface area contributed by atoms with E-state index < -0.39 is 0 Å². The summed E-state index contributed by atoms with van der Waals surface area (Å²) in [4.78, 5) is 6.64. The third kappa shape index (κ3) is 2.77. The lowest BCUT2D eigenvalue weighted by Crippen LogP contribution is -2.47. The predicted octanol–water partition coefficient (Wildman–Crippen LogP) is 0.992. The van der Waals surface area contributed by atoms with Crippen LogP contribution in [0.25, 0.3) is 11.1 Å². The summed E-state index contributed by atoms with van der Waals surface area (Å²) in [5.74, 6) is 0.663. The maximum Gasteiger partial charge on any atom is 0.209 e. The molecule has 3 rings (SSSR count). The van der Waals surface area contributed by atoms with Crippen LogP contribution in [0.4, 0.5) is 5.69 Å². The maximum absolute atomic E-state index is 9.23. The number of rotatable bonds is 3. The van der Waals surface area contributed by atoms with E-state index in [1.807, 2.05) is 13.0 Å². The van der Waals surface area contributed by atoms with Gasteiger partial charge in [-0.3, -0.25) is 4.90 Å². The van der Waals surface area contributed by atoms with E-state index in [4.69, 9.17) is 14.9 Å². The number of fused-ring (bicyclic) bond motifs is 1. The van der Waals surface area contributed by atoms with Crippen LogP contribution in [0.1, 0.15) is 12.8 Å². The van der Waals surface area contributed by atoms with Gasteiger partial charge < -0.3 is 20.0 Å². The molecule has 0 saturated carbocycles. The number of nitrogen functional groups attached to an aromatic ring is 1. The molecule has 1 aromatic carbocycles. The monoisotopic (exact) mass is 277 g/mol. The molecule has 1 fully saturated rings. The fourth-order valence-electron chi connectivity index (χ4n) is 2.62. The Morgan fingerprint density at radius 2 is 2.30 bits per heavy atom. The van der Waals surface area contributed by atoms with E-state index in [-0.39, 0.29) is 18.8 Å². The Morgan fingerprint density at radius 1 is 1.45 bits per heavy atom. The molecule has 0 aliphatic carbocycles. The number of nitrogens with zero attached hydrogens (tertiary/aromatic N) is 2. The van der Waals surface area contributed by atoms with Crippen LogP contribution in [0.5, 0.6) is 0 Å². The summed E-state index contributed by atoms with van der Waals surface area (Å²) in [6.45, 7) is 4.13. The molecule has 0 amide bonds.